The Balaban J connectivity index is 2.04. The number of carboxylic acids is 1. The van der Waals surface area contributed by atoms with Crippen molar-refractivity contribution in [3.8, 4) is 17.0 Å². The van der Waals surface area contributed by atoms with E-state index in [4.69, 9.17) is 9.72 Å². The molecule has 0 radical (unpaired) electrons. The SMILES string of the molecule is C=Ic1sc(N(c2ccc(OCCCCCCCC)c(C(I)(I=C)I=C)c2)C(O)CCC(=O)O)nc1-c1cccnc1. The zero-order valence-electron chi connectivity index (χ0n) is 23.6. The number of ether oxygens (including phenoxy) is 1. The Bertz CT molecular complexity index is 1350. The number of benzene rings is 1. The van der Waals surface area contributed by atoms with E-state index in [9.17, 15) is 15.0 Å². The van der Waals surface area contributed by atoms with Gasteiger partial charge in [-0.2, -0.15) is 0 Å². The lowest BCUT2D eigenvalue weighted by Gasteiger charge is -2.30. The number of rotatable bonds is 19. The summed E-state index contributed by atoms with van der Waals surface area (Å²) in [6.07, 6.45) is 9.47. The molecule has 0 amide bonds. The smallest absolute Gasteiger partial charge is 0.303 e. The van der Waals surface area contributed by atoms with Crippen LogP contribution < -0.4 is 9.64 Å². The van der Waals surface area contributed by atoms with E-state index in [1.54, 1.807) is 17.3 Å². The number of aliphatic hydroxyl groups excluding tert-OH is 1. The van der Waals surface area contributed by atoms with Crippen molar-refractivity contribution in [2.24, 2.45) is 0 Å². The maximum Gasteiger partial charge on any atom is 0.303 e. The summed E-state index contributed by atoms with van der Waals surface area (Å²) in [5.74, 6) is -0.115. The van der Waals surface area contributed by atoms with Gasteiger partial charge < -0.3 is 14.9 Å². The Morgan fingerprint density at radius 2 is 1.90 bits per heavy atom. The van der Waals surface area contributed by atoms with Crippen molar-refractivity contribution in [1.82, 2.24) is 9.97 Å². The average Bonchev–Trinajstić information content (AvgIpc) is 3.44. The topological polar surface area (TPSA) is 95.8 Å². The molecule has 0 bridgehead atoms. The molecule has 12 heteroatoms. The molecule has 2 N–H and O–H groups in total. The van der Waals surface area contributed by atoms with Crippen LogP contribution in [0.15, 0.2) is 42.7 Å². The van der Waals surface area contributed by atoms with Gasteiger partial charge in [-0.15, -0.1) is 0 Å². The molecule has 230 valence electrons. The van der Waals surface area contributed by atoms with Gasteiger partial charge >= 0.3 is 5.97 Å². The number of aliphatic hydroxyl groups is 1. The van der Waals surface area contributed by atoms with Crippen LogP contribution in [0.4, 0.5) is 10.8 Å². The van der Waals surface area contributed by atoms with Gasteiger partial charge in [0.2, 0.25) is 0 Å². The molecule has 1 aromatic carbocycles. The molecule has 1 atom stereocenters. The molecule has 0 aliphatic carbocycles. The van der Waals surface area contributed by atoms with Crippen LogP contribution in [0.25, 0.3) is 11.3 Å². The van der Waals surface area contributed by atoms with Crippen molar-refractivity contribution in [1.29, 1.82) is 0 Å². The normalized spacial score (nSPS) is 12.3. The Morgan fingerprint density at radius 3 is 2.55 bits per heavy atom. The van der Waals surface area contributed by atoms with Gasteiger partial charge in [-0.25, -0.2) is 4.98 Å². The Morgan fingerprint density at radius 1 is 1.17 bits per heavy atom. The van der Waals surface area contributed by atoms with Crippen molar-refractivity contribution >= 4 is 126 Å². The predicted octanol–water partition coefficient (Wildman–Crippen LogP) is 9.19. The van der Waals surface area contributed by atoms with Crippen LogP contribution >= 0.6 is 96.1 Å². The lowest BCUT2D eigenvalue weighted by molar-refractivity contribution is -0.137. The highest BCUT2D eigenvalue weighted by molar-refractivity contribution is 14.3. The number of hydrogen-bond acceptors (Lipinski definition) is 7. The number of carbonyl (C=O) groups is 1. The molecule has 0 saturated carbocycles. The molecule has 0 spiro atoms. The fourth-order valence-electron chi connectivity index (χ4n) is 4.22. The summed E-state index contributed by atoms with van der Waals surface area (Å²) in [6, 6.07) is 9.84. The molecule has 3 aromatic rings. The van der Waals surface area contributed by atoms with Crippen LogP contribution in [0, 0.1) is 2.88 Å². The number of anilines is 2. The first-order valence-electron chi connectivity index (χ1n) is 13.5. The largest absolute Gasteiger partial charge is 0.493 e. The Kier molecular flexibility index (Phi) is 15.9. The zero-order chi connectivity index (χ0) is 30.5. The number of aliphatic carboxylic acids is 1. The van der Waals surface area contributed by atoms with Crippen LogP contribution in [-0.4, -0.2) is 52.5 Å². The molecule has 2 aromatic heterocycles. The highest BCUT2D eigenvalue weighted by Gasteiger charge is 2.31. The van der Waals surface area contributed by atoms with Crippen molar-refractivity contribution in [3.63, 3.8) is 0 Å². The number of unbranched alkanes of at least 4 members (excludes halogenated alkanes) is 5. The number of hydrogen-bond donors (Lipinski definition) is 2. The van der Waals surface area contributed by atoms with Crippen LogP contribution in [0.3, 0.4) is 0 Å². The van der Waals surface area contributed by atoms with E-state index < -0.39 is 74.4 Å². The molecule has 42 heavy (non-hydrogen) atoms. The molecule has 0 aliphatic rings. The Hall–Kier alpha value is -0.440. The zero-order valence-corrected chi connectivity index (χ0v) is 33.0. The molecule has 1 unspecified atom stereocenters. The van der Waals surface area contributed by atoms with Gasteiger partial charge in [-0.3, -0.25) is 14.7 Å². The average molecular weight is 1040 g/mol. The second-order valence-corrected chi connectivity index (χ2v) is 25.5. The van der Waals surface area contributed by atoms with E-state index >= 15 is 0 Å². The predicted molar refractivity (Wildman–Crippen MR) is 213 cm³/mol. The fraction of sp³-hybridized carbons (Fsp3) is 0.400. The first-order chi connectivity index (χ1) is 20.3. The summed E-state index contributed by atoms with van der Waals surface area (Å²) in [5.41, 5.74) is 3.51. The summed E-state index contributed by atoms with van der Waals surface area (Å²) >= 11 is 2.53. The van der Waals surface area contributed by atoms with E-state index in [1.807, 2.05) is 24.3 Å². The quantitative estimate of drug-likeness (QED) is 0.0536. The maximum absolute atomic E-state index is 11.4. The lowest BCUT2D eigenvalue weighted by atomic mass is 10.1. The van der Waals surface area contributed by atoms with Gasteiger partial charge in [-0.1, -0.05) is 149 Å². The molecular weight excluding hydrogens is 1010 g/mol. The van der Waals surface area contributed by atoms with Gasteiger partial charge in [0, 0.05) is 42.0 Å². The van der Waals surface area contributed by atoms with Gasteiger partial charge in [0.05, 0.1) is 15.2 Å². The van der Waals surface area contributed by atoms with Crippen molar-refractivity contribution in [2.75, 3.05) is 11.5 Å². The van der Waals surface area contributed by atoms with Gasteiger partial charge in [0.15, 0.2) is 5.13 Å². The van der Waals surface area contributed by atoms with Crippen LogP contribution in [0.1, 0.15) is 63.9 Å². The van der Waals surface area contributed by atoms with Crippen LogP contribution in [-0.2, 0) is 4.23 Å². The number of alkyl halides is 3. The maximum atomic E-state index is 11.4. The summed E-state index contributed by atoms with van der Waals surface area (Å²) < 4.78 is 20.2. The minimum Gasteiger partial charge on any atom is -0.493 e. The second-order valence-electron chi connectivity index (χ2n) is 9.34. The van der Waals surface area contributed by atoms with Gasteiger partial charge in [-0.05, 0) is 36.8 Å². The lowest BCUT2D eigenvalue weighted by Crippen LogP contribution is -2.31. The van der Waals surface area contributed by atoms with E-state index in [-0.39, 0.29) is 12.3 Å². The summed E-state index contributed by atoms with van der Waals surface area (Å²) in [4.78, 5) is 22.4. The summed E-state index contributed by atoms with van der Waals surface area (Å²) in [5, 5.41) is 21.4. The van der Waals surface area contributed by atoms with Gasteiger partial charge in [0.25, 0.3) is 0 Å². The molecule has 2 heterocycles. The summed E-state index contributed by atoms with van der Waals surface area (Å²) in [6.45, 7) is 2.88. The van der Waals surface area contributed by atoms with Crippen molar-refractivity contribution in [2.45, 2.75) is 64.0 Å². The van der Waals surface area contributed by atoms with Crippen LogP contribution in [0.5, 0.6) is 5.75 Å². The number of carboxylic acid groups (broad SMARTS) is 1. The molecule has 0 aliphatic heterocycles. The molecule has 7 nitrogen and oxygen atoms in total. The Labute approximate surface area is 296 Å². The summed E-state index contributed by atoms with van der Waals surface area (Å²) in [7, 11) is 0. The minimum atomic E-state index is -1.08. The highest BCUT2D eigenvalue weighted by Crippen LogP contribution is 2.55. The first kappa shape index (κ1) is 36.0. The third-order valence-electron chi connectivity index (χ3n) is 6.39. The number of nitrogens with zero attached hydrogens (tertiary/aromatic N) is 3. The van der Waals surface area contributed by atoms with Crippen LogP contribution in [0.2, 0.25) is 0 Å². The minimum absolute atomic E-state index is 0.0530. The van der Waals surface area contributed by atoms with Crippen molar-refractivity contribution in [3.05, 3.63) is 51.2 Å². The molecule has 0 saturated heterocycles. The molecular formula is C30H37I4N3O4S. The third kappa shape index (κ3) is 10.0. The standard InChI is InChI=1S/C30H37I4N3O4S/c1-5-6-7-8-9-10-18-41-24-14-13-22(19-23(24)30(31,33-3)34-4)37(25(38)15-16-26(39)40)29-36-27(28(32-2)42-29)21-12-11-17-35-20-21/h11-14,17,19-20,25,38H,2-10,15-16,18H2,1H3,(H,39,40). The highest BCUT2D eigenvalue weighted by atomic mass is 127. The van der Waals surface area contributed by atoms with Gasteiger partial charge in [0.1, 0.15) is 11.4 Å². The van der Waals surface area contributed by atoms with E-state index in [0.717, 1.165) is 44.0 Å². The third-order valence-corrected chi connectivity index (χ3v) is 21.2. The van der Waals surface area contributed by atoms with E-state index in [1.165, 1.54) is 37.0 Å². The first-order valence-corrected chi connectivity index (χ1v) is 23.2. The number of pyridine rings is 1. The number of thiazole rings is 1. The molecule has 0 fully saturated rings. The number of halogens is 4. The fourth-order valence-corrected chi connectivity index (χ4v) is 10.7. The van der Waals surface area contributed by atoms with E-state index in [2.05, 4.69) is 54.1 Å². The number of aromatic nitrogens is 2. The second kappa shape index (κ2) is 18.5. The van der Waals surface area contributed by atoms with E-state index in [0.29, 0.717) is 11.7 Å². The monoisotopic (exact) mass is 1040 g/mol. The molecule has 3 rings (SSSR count). The van der Waals surface area contributed by atoms with Crippen molar-refractivity contribution < 1.29 is 19.7 Å².